The molecule has 2 amide bonds. The quantitative estimate of drug-likeness (QED) is 0.783. The van der Waals surface area contributed by atoms with Crippen LogP contribution in [0.1, 0.15) is 23.2 Å². The Labute approximate surface area is 99.2 Å². The van der Waals surface area contributed by atoms with Crippen molar-refractivity contribution < 1.29 is 14.3 Å². The van der Waals surface area contributed by atoms with Gasteiger partial charge in [0, 0.05) is 11.7 Å². The topological polar surface area (TPSA) is 67.4 Å². The number of hydrogen-bond donors (Lipinski definition) is 2. The van der Waals surface area contributed by atoms with E-state index in [9.17, 15) is 9.59 Å². The summed E-state index contributed by atoms with van der Waals surface area (Å²) in [6.07, 6.45) is 2.10. The van der Waals surface area contributed by atoms with E-state index in [4.69, 9.17) is 0 Å². The van der Waals surface area contributed by atoms with Crippen LogP contribution in [0.4, 0.5) is 10.5 Å². The van der Waals surface area contributed by atoms with Gasteiger partial charge < -0.3 is 15.4 Å². The first-order valence-corrected chi connectivity index (χ1v) is 5.45. The fourth-order valence-corrected chi connectivity index (χ4v) is 1.39. The summed E-state index contributed by atoms with van der Waals surface area (Å²) in [6, 6.07) is 6.66. The van der Waals surface area contributed by atoms with Gasteiger partial charge in [0.05, 0.1) is 12.7 Å². The van der Waals surface area contributed by atoms with Gasteiger partial charge in [0.1, 0.15) is 0 Å². The number of nitrogens with one attached hydrogen (secondary N) is 2. The van der Waals surface area contributed by atoms with Crippen molar-refractivity contribution in [2.75, 3.05) is 12.4 Å². The third kappa shape index (κ3) is 3.21. The summed E-state index contributed by atoms with van der Waals surface area (Å²) >= 11 is 0. The van der Waals surface area contributed by atoms with Gasteiger partial charge in [-0.25, -0.2) is 9.59 Å². The average molecular weight is 234 g/mol. The molecule has 0 bridgehead atoms. The molecule has 0 atom stereocenters. The molecule has 1 aliphatic carbocycles. The van der Waals surface area contributed by atoms with Crippen LogP contribution in [-0.2, 0) is 4.74 Å². The molecule has 17 heavy (non-hydrogen) atoms. The van der Waals surface area contributed by atoms with Gasteiger partial charge >= 0.3 is 12.0 Å². The lowest BCUT2D eigenvalue weighted by Crippen LogP contribution is -2.30. The van der Waals surface area contributed by atoms with Crippen LogP contribution in [0.2, 0.25) is 0 Å². The molecule has 1 aromatic carbocycles. The van der Waals surface area contributed by atoms with Gasteiger partial charge in [-0.2, -0.15) is 0 Å². The van der Waals surface area contributed by atoms with Crippen molar-refractivity contribution in [3.63, 3.8) is 0 Å². The van der Waals surface area contributed by atoms with Crippen LogP contribution >= 0.6 is 0 Å². The summed E-state index contributed by atoms with van der Waals surface area (Å²) in [6.45, 7) is 0. The lowest BCUT2D eigenvalue weighted by atomic mass is 10.2. The SMILES string of the molecule is COC(=O)c1ccc(NC(=O)NC2CC2)cc1. The Bertz CT molecular complexity index is 424. The number of amides is 2. The first kappa shape index (κ1) is 11.4. The maximum Gasteiger partial charge on any atom is 0.337 e. The standard InChI is InChI=1S/C12H14N2O3/c1-17-11(15)8-2-4-9(5-3-8)13-12(16)14-10-6-7-10/h2-5,10H,6-7H2,1H3,(H2,13,14,16). The van der Waals surface area contributed by atoms with E-state index in [1.807, 2.05) is 0 Å². The molecule has 0 aromatic heterocycles. The highest BCUT2D eigenvalue weighted by molar-refractivity contribution is 5.92. The number of urea groups is 1. The summed E-state index contributed by atoms with van der Waals surface area (Å²) in [7, 11) is 1.33. The molecule has 0 heterocycles. The van der Waals surface area contributed by atoms with Crippen molar-refractivity contribution >= 4 is 17.7 Å². The van der Waals surface area contributed by atoms with Crippen molar-refractivity contribution in [1.29, 1.82) is 0 Å². The van der Waals surface area contributed by atoms with Gasteiger partial charge in [0.2, 0.25) is 0 Å². The molecule has 0 spiro atoms. The van der Waals surface area contributed by atoms with Crippen LogP contribution in [0.25, 0.3) is 0 Å². The Morgan fingerprint density at radius 2 is 1.88 bits per heavy atom. The molecule has 0 aliphatic heterocycles. The number of hydrogen-bond acceptors (Lipinski definition) is 3. The van der Waals surface area contributed by atoms with Crippen molar-refractivity contribution in [2.24, 2.45) is 0 Å². The maximum absolute atomic E-state index is 11.4. The summed E-state index contributed by atoms with van der Waals surface area (Å²) in [4.78, 5) is 22.6. The average Bonchev–Trinajstić information content (AvgIpc) is 3.12. The first-order chi connectivity index (χ1) is 8.19. The van der Waals surface area contributed by atoms with Crippen molar-refractivity contribution in [3.05, 3.63) is 29.8 Å². The Balaban J connectivity index is 1.92. The Kier molecular flexibility index (Phi) is 3.27. The molecule has 5 nitrogen and oxygen atoms in total. The number of rotatable bonds is 3. The summed E-state index contributed by atoms with van der Waals surface area (Å²) in [5.74, 6) is -0.390. The molecular weight excluding hydrogens is 220 g/mol. The second kappa shape index (κ2) is 4.86. The number of benzene rings is 1. The number of carbonyl (C=O) groups excluding carboxylic acids is 2. The minimum atomic E-state index is -0.390. The summed E-state index contributed by atoms with van der Waals surface area (Å²) < 4.78 is 4.58. The molecule has 0 saturated heterocycles. The molecule has 0 radical (unpaired) electrons. The largest absolute Gasteiger partial charge is 0.465 e. The molecule has 5 heteroatoms. The zero-order valence-electron chi connectivity index (χ0n) is 9.53. The molecule has 2 N–H and O–H groups in total. The van der Waals surface area contributed by atoms with Gasteiger partial charge in [-0.1, -0.05) is 0 Å². The lowest BCUT2D eigenvalue weighted by molar-refractivity contribution is 0.0601. The van der Waals surface area contributed by atoms with Crippen LogP contribution in [0.3, 0.4) is 0 Å². The number of esters is 1. The summed E-state index contributed by atoms with van der Waals surface area (Å²) in [5, 5.41) is 5.50. The van der Waals surface area contributed by atoms with E-state index in [2.05, 4.69) is 15.4 Å². The molecule has 1 saturated carbocycles. The van der Waals surface area contributed by atoms with E-state index in [0.29, 0.717) is 17.3 Å². The fourth-order valence-electron chi connectivity index (χ4n) is 1.39. The number of carbonyl (C=O) groups is 2. The monoisotopic (exact) mass is 234 g/mol. The van der Waals surface area contributed by atoms with E-state index in [0.717, 1.165) is 12.8 Å². The smallest absolute Gasteiger partial charge is 0.337 e. The Morgan fingerprint density at radius 1 is 1.24 bits per heavy atom. The highest BCUT2D eigenvalue weighted by atomic mass is 16.5. The van der Waals surface area contributed by atoms with Crippen molar-refractivity contribution in [3.8, 4) is 0 Å². The van der Waals surface area contributed by atoms with Crippen LogP contribution in [0, 0.1) is 0 Å². The van der Waals surface area contributed by atoms with Crippen LogP contribution < -0.4 is 10.6 Å². The van der Waals surface area contributed by atoms with E-state index >= 15 is 0 Å². The summed E-state index contributed by atoms with van der Waals surface area (Å²) in [5.41, 5.74) is 1.11. The van der Waals surface area contributed by atoms with Crippen LogP contribution in [0.5, 0.6) is 0 Å². The Hall–Kier alpha value is -2.04. The second-order valence-corrected chi connectivity index (χ2v) is 3.94. The molecule has 1 fully saturated rings. The van der Waals surface area contributed by atoms with Gasteiger partial charge in [-0.05, 0) is 37.1 Å². The van der Waals surface area contributed by atoms with E-state index < -0.39 is 0 Å². The minimum Gasteiger partial charge on any atom is -0.465 e. The zero-order valence-corrected chi connectivity index (χ0v) is 9.53. The predicted octanol–water partition coefficient (Wildman–Crippen LogP) is 1.76. The highest BCUT2D eigenvalue weighted by Crippen LogP contribution is 2.19. The van der Waals surface area contributed by atoms with Gasteiger partial charge in [-0.3, -0.25) is 0 Å². The molecule has 90 valence electrons. The predicted molar refractivity (Wildman–Crippen MR) is 63.0 cm³/mol. The zero-order chi connectivity index (χ0) is 12.3. The fraction of sp³-hybridized carbons (Fsp3) is 0.333. The number of methoxy groups -OCH3 is 1. The van der Waals surface area contributed by atoms with Crippen LogP contribution in [-0.4, -0.2) is 25.2 Å². The molecular formula is C12H14N2O3. The van der Waals surface area contributed by atoms with Crippen molar-refractivity contribution in [2.45, 2.75) is 18.9 Å². The number of anilines is 1. The van der Waals surface area contributed by atoms with Gasteiger partial charge in [0.15, 0.2) is 0 Å². The lowest BCUT2D eigenvalue weighted by Gasteiger charge is -2.06. The first-order valence-electron chi connectivity index (χ1n) is 5.45. The molecule has 2 rings (SSSR count). The number of ether oxygens (including phenoxy) is 1. The molecule has 1 aliphatic rings. The van der Waals surface area contributed by atoms with Gasteiger partial charge in [-0.15, -0.1) is 0 Å². The van der Waals surface area contributed by atoms with E-state index in [1.54, 1.807) is 24.3 Å². The normalized spacial score (nSPS) is 13.9. The van der Waals surface area contributed by atoms with Crippen LogP contribution in [0.15, 0.2) is 24.3 Å². The third-order valence-corrected chi connectivity index (χ3v) is 2.48. The van der Waals surface area contributed by atoms with E-state index in [-0.39, 0.29) is 12.0 Å². The second-order valence-electron chi connectivity index (χ2n) is 3.94. The highest BCUT2D eigenvalue weighted by Gasteiger charge is 2.23. The Morgan fingerprint density at radius 3 is 2.41 bits per heavy atom. The van der Waals surface area contributed by atoms with Gasteiger partial charge in [0.25, 0.3) is 0 Å². The minimum absolute atomic E-state index is 0.210. The third-order valence-electron chi connectivity index (χ3n) is 2.48. The molecule has 0 unspecified atom stereocenters. The van der Waals surface area contributed by atoms with E-state index in [1.165, 1.54) is 7.11 Å². The maximum atomic E-state index is 11.4. The molecule has 1 aromatic rings. The van der Waals surface area contributed by atoms with Crippen molar-refractivity contribution in [1.82, 2.24) is 5.32 Å².